The lowest BCUT2D eigenvalue weighted by Crippen LogP contribution is -2.15. The van der Waals surface area contributed by atoms with Gasteiger partial charge in [-0.1, -0.05) is 35.0 Å². The van der Waals surface area contributed by atoms with E-state index in [1.54, 1.807) is 0 Å². The Bertz CT molecular complexity index is 334. The van der Waals surface area contributed by atoms with Crippen molar-refractivity contribution < 1.29 is 4.79 Å². The van der Waals surface area contributed by atoms with E-state index in [1.165, 1.54) is 0 Å². The first-order valence-electron chi connectivity index (χ1n) is 5.60. The highest BCUT2D eigenvalue weighted by molar-refractivity contribution is 9.10. The van der Waals surface area contributed by atoms with E-state index < -0.39 is 0 Å². The van der Waals surface area contributed by atoms with Gasteiger partial charge in [-0.2, -0.15) is 0 Å². The molecule has 0 radical (unpaired) electrons. The number of carbonyl (C=O) groups is 1. The summed E-state index contributed by atoms with van der Waals surface area (Å²) < 4.78 is 1.04. The molecule has 0 aliphatic heterocycles. The van der Waals surface area contributed by atoms with Gasteiger partial charge in [-0.15, -0.1) is 0 Å². The zero-order valence-electron chi connectivity index (χ0n) is 9.58. The summed E-state index contributed by atoms with van der Waals surface area (Å²) in [5.41, 5.74) is 6.51. The maximum absolute atomic E-state index is 11.9. The van der Waals surface area contributed by atoms with E-state index in [9.17, 15) is 4.79 Å². The lowest BCUT2D eigenvalue weighted by molar-refractivity contribution is -0.121. The van der Waals surface area contributed by atoms with Crippen LogP contribution >= 0.6 is 15.9 Å². The van der Waals surface area contributed by atoms with Crippen molar-refractivity contribution in [3.05, 3.63) is 34.3 Å². The molecule has 0 aliphatic rings. The minimum absolute atomic E-state index is 0.118. The zero-order chi connectivity index (χ0) is 12.0. The third kappa shape index (κ3) is 4.45. The van der Waals surface area contributed by atoms with Crippen LogP contribution in [0.4, 0.5) is 0 Å². The van der Waals surface area contributed by atoms with Gasteiger partial charge in [-0.25, -0.2) is 0 Å². The minimum atomic E-state index is 0.118. The van der Waals surface area contributed by atoms with Crippen LogP contribution in [-0.4, -0.2) is 12.3 Å². The first-order valence-corrected chi connectivity index (χ1v) is 6.40. The second-order valence-corrected chi connectivity index (χ2v) is 5.02. The summed E-state index contributed by atoms with van der Waals surface area (Å²) in [5, 5.41) is 0. The van der Waals surface area contributed by atoms with Gasteiger partial charge < -0.3 is 5.73 Å². The van der Waals surface area contributed by atoms with E-state index in [2.05, 4.69) is 15.9 Å². The van der Waals surface area contributed by atoms with Crippen LogP contribution in [0.1, 0.15) is 25.3 Å². The van der Waals surface area contributed by atoms with Crippen molar-refractivity contribution in [3.63, 3.8) is 0 Å². The Labute approximate surface area is 105 Å². The molecule has 2 nitrogen and oxygen atoms in total. The first kappa shape index (κ1) is 13.4. The summed E-state index contributed by atoms with van der Waals surface area (Å²) in [7, 11) is 0. The molecule has 0 aliphatic carbocycles. The Morgan fingerprint density at radius 1 is 1.38 bits per heavy atom. The molecule has 1 aromatic rings. The smallest absolute Gasteiger partial charge is 0.140 e. The van der Waals surface area contributed by atoms with Crippen LogP contribution in [0.5, 0.6) is 0 Å². The summed E-state index contributed by atoms with van der Waals surface area (Å²) in [4.78, 5) is 11.9. The highest BCUT2D eigenvalue weighted by atomic mass is 79.9. The fraction of sp³-hybridized carbons (Fsp3) is 0.462. The third-order valence-electron chi connectivity index (χ3n) is 2.68. The van der Waals surface area contributed by atoms with Crippen molar-refractivity contribution in [2.24, 2.45) is 11.7 Å². The number of Topliss-reactive ketones (excluding diaryl/α,β-unsaturated/α-hetero) is 1. The third-order valence-corrected chi connectivity index (χ3v) is 3.21. The highest BCUT2D eigenvalue weighted by Crippen LogP contribution is 2.14. The van der Waals surface area contributed by atoms with Crippen LogP contribution < -0.4 is 5.73 Å². The molecule has 1 atom stereocenters. The molecular formula is C13H18BrNO. The number of ketones is 1. The fourth-order valence-corrected chi connectivity index (χ4v) is 1.83. The van der Waals surface area contributed by atoms with Crippen LogP contribution in [0.3, 0.4) is 0 Å². The van der Waals surface area contributed by atoms with E-state index >= 15 is 0 Å². The van der Waals surface area contributed by atoms with Gasteiger partial charge in [0, 0.05) is 16.8 Å². The van der Waals surface area contributed by atoms with Crippen LogP contribution in [0.15, 0.2) is 28.7 Å². The van der Waals surface area contributed by atoms with E-state index in [0.29, 0.717) is 18.7 Å². The second kappa shape index (κ2) is 6.81. The predicted molar refractivity (Wildman–Crippen MR) is 70.3 cm³/mol. The molecule has 88 valence electrons. The monoisotopic (exact) mass is 283 g/mol. The predicted octanol–water partition coefficient (Wildman–Crippen LogP) is 2.94. The molecule has 16 heavy (non-hydrogen) atoms. The maximum Gasteiger partial charge on any atom is 0.140 e. The Kier molecular flexibility index (Phi) is 5.71. The van der Waals surface area contributed by atoms with Gasteiger partial charge in [-0.3, -0.25) is 4.79 Å². The zero-order valence-corrected chi connectivity index (χ0v) is 11.2. The van der Waals surface area contributed by atoms with E-state index in [4.69, 9.17) is 5.73 Å². The van der Waals surface area contributed by atoms with Crippen LogP contribution in [-0.2, 0) is 11.2 Å². The number of hydrogen-bond acceptors (Lipinski definition) is 2. The topological polar surface area (TPSA) is 43.1 Å². The van der Waals surface area contributed by atoms with Gasteiger partial charge in [0.25, 0.3) is 0 Å². The summed E-state index contributed by atoms with van der Waals surface area (Å²) >= 11 is 3.38. The summed E-state index contributed by atoms with van der Waals surface area (Å²) in [6, 6.07) is 7.90. The molecule has 0 fully saturated rings. The van der Waals surface area contributed by atoms with Crippen LogP contribution in [0.2, 0.25) is 0 Å². The molecule has 1 rings (SSSR count). The summed E-state index contributed by atoms with van der Waals surface area (Å²) in [6.07, 6.45) is 2.35. The number of hydrogen-bond donors (Lipinski definition) is 1. The van der Waals surface area contributed by atoms with E-state index in [-0.39, 0.29) is 5.92 Å². The number of nitrogens with two attached hydrogens (primary N) is 1. The SMILES string of the molecule is CC(CCCN)C(=O)Cc1ccc(Br)cc1. The van der Waals surface area contributed by atoms with Crippen molar-refractivity contribution >= 4 is 21.7 Å². The molecular weight excluding hydrogens is 266 g/mol. The number of benzene rings is 1. The lowest BCUT2D eigenvalue weighted by Gasteiger charge is -2.09. The van der Waals surface area contributed by atoms with Crippen molar-refractivity contribution in [2.45, 2.75) is 26.2 Å². The Morgan fingerprint density at radius 2 is 2.00 bits per heavy atom. The molecule has 0 aromatic heterocycles. The van der Waals surface area contributed by atoms with E-state index in [1.807, 2.05) is 31.2 Å². The van der Waals surface area contributed by atoms with Crippen LogP contribution in [0.25, 0.3) is 0 Å². The minimum Gasteiger partial charge on any atom is -0.330 e. The molecule has 0 saturated heterocycles. The van der Waals surface area contributed by atoms with Gasteiger partial charge in [0.05, 0.1) is 0 Å². The average Bonchev–Trinajstić information content (AvgIpc) is 2.29. The molecule has 0 spiro atoms. The quantitative estimate of drug-likeness (QED) is 0.872. The number of rotatable bonds is 6. The number of carbonyl (C=O) groups excluding carboxylic acids is 1. The number of halogens is 1. The van der Waals surface area contributed by atoms with Crippen molar-refractivity contribution in [2.75, 3.05) is 6.54 Å². The summed E-state index contributed by atoms with van der Waals surface area (Å²) in [6.45, 7) is 2.65. The van der Waals surface area contributed by atoms with Gasteiger partial charge in [0.2, 0.25) is 0 Å². The van der Waals surface area contributed by atoms with Crippen molar-refractivity contribution in [1.29, 1.82) is 0 Å². The summed E-state index contributed by atoms with van der Waals surface area (Å²) in [5.74, 6) is 0.419. The second-order valence-electron chi connectivity index (χ2n) is 4.10. The van der Waals surface area contributed by atoms with Gasteiger partial charge in [0.15, 0.2) is 0 Å². The molecule has 0 bridgehead atoms. The van der Waals surface area contributed by atoms with Crippen LogP contribution in [0, 0.1) is 5.92 Å². The first-order chi connectivity index (χ1) is 7.63. The highest BCUT2D eigenvalue weighted by Gasteiger charge is 2.12. The average molecular weight is 284 g/mol. The van der Waals surface area contributed by atoms with Gasteiger partial charge in [-0.05, 0) is 37.1 Å². The standard InChI is InChI=1S/C13H18BrNO/c1-10(3-2-8-15)13(16)9-11-4-6-12(14)7-5-11/h4-7,10H,2-3,8-9,15H2,1H3. The molecule has 1 aromatic carbocycles. The fourth-order valence-electron chi connectivity index (χ4n) is 1.56. The molecule has 3 heteroatoms. The van der Waals surface area contributed by atoms with Gasteiger partial charge in [0.1, 0.15) is 5.78 Å². The van der Waals surface area contributed by atoms with E-state index in [0.717, 1.165) is 22.9 Å². The molecule has 2 N–H and O–H groups in total. The maximum atomic E-state index is 11.9. The van der Waals surface area contributed by atoms with Gasteiger partial charge >= 0.3 is 0 Å². The Morgan fingerprint density at radius 3 is 2.56 bits per heavy atom. The molecule has 0 heterocycles. The normalized spacial score (nSPS) is 12.4. The molecule has 0 saturated carbocycles. The lowest BCUT2D eigenvalue weighted by atomic mass is 9.95. The molecule has 0 amide bonds. The molecule has 1 unspecified atom stereocenters. The van der Waals surface area contributed by atoms with Crippen molar-refractivity contribution in [3.8, 4) is 0 Å². The Hall–Kier alpha value is -0.670. The van der Waals surface area contributed by atoms with Crippen molar-refractivity contribution in [1.82, 2.24) is 0 Å². The Balaban J connectivity index is 2.47. The largest absolute Gasteiger partial charge is 0.330 e.